The van der Waals surface area contributed by atoms with Crippen molar-refractivity contribution in [1.29, 1.82) is 0 Å². The highest BCUT2D eigenvalue weighted by Crippen LogP contribution is 2.36. The number of nitrogens with zero attached hydrogens (tertiary/aromatic N) is 1. The van der Waals surface area contributed by atoms with Crippen molar-refractivity contribution in [2.75, 3.05) is 6.54 Å². The number of sulfonamides is 1. The minimum absolute atomic E-state index is 0.0674. The number of hydrogen-bond donors (Lipinski definition) is 1. The molecule has 0 radical (unpaired) electrons. The Morgan fingerprint density at radius 1 is 1.50 bits per heavy atom. The first-order valence-electron chi connectivity index (χ1n) is 5.91. The first-order chi connectivity index (χ1) is 9.19. The summed E-state index contributed by atoms with van der Waals surface area (Å²) < 4.78 is 39.2. The van der Waals surface area contributed by atoms with Crippen molar-refractivity contribution in [2.45, 2.75) is 30.2 Å². The van der Waals surface area contributed by atoms with Crippen LogP contribution in [0.15, 0.2) is 23.1 Å². The van der Waals surface area contributed by atoms with Crippen LogP contribution >= 0.6 is 11.6 Å². The fourth-order valence-corrected chi connectivity index (χ4v) is 4.62. The molecular formula is C12H13ClFNO4S. The lowest BCUT2D eigenvalue weighted by atomic mass is 10.0. The van der Waals surface area contributed by atoms with Crippen molar-refractivity contribution in [2.24, 2.45) is 0 Å². The van der Waals surface area contributed by atoms with Gasteiger partial charge in [0, 0.05) is 6.54 Å². The van der Waals surface area contributed by atoms with Gasteiger partial charge in [-0.2, -0.15) is 4.31 Å². The van der Waals surface area contributed by atoms with Gasteiger partial charge in [0.1, 0.15) is 16.3 Å². The van der Waals surface area contributed by atoms with Crippen LogP contribution < -0.4 is 0 Å². The van der Waals surface area contributed by atoms with Crippen molar-refractivity contribution in [1.82, 2.24) is 4.31 Å². The van der Waals surface area contributed by atoms with Gasteiger partial charge in [-0.05, 0) is 38.0 Å². The highest BCUT2D eigenvalue weighted by atomic mass is 35.5. The number of aliphatic carboxylic acids is 1. The molecule has 110 valence electrons. The molecule has 1 fully saturated rings. The van der Waals surface area contributed by atoms with Crippen molar-refractivity contribution in [3.8, 4) is 0 Å². The summed E-state index contributed by atoms with van der Waals surface area (Å²) in [6, 6.07) is 2.98. The third-order valence-electron chi connectivity index (χ3n) is 3.50. The summed E-state index contributed by atoms with van der Waals surface area (Å²) in [6.07, 6.45) is 0.628. The van der Waals surface area contributed by atoms with Crippen LogP contribution in [0.4, 0.5) is 4.39 Å². The van der Waals surface area contributed by atoms with Crippen molar-refractivity contribution < 1.29 is 22.7 Å². The second-order valence-corrected chi connectivity index (χ2v) is 7.07. The van der Waals surface area contributed by atoms with Gasteiger partial charge in [-0.1, -0.05) is 11.6 Å². The van der Waals surface area contributed by atoms with Gasteiger partial charge < -0.3 is 5.11 Å². The molecule has 1 saturated heterocycles. The summed E-state index contributed by atoms with van der Waals surface area (Å²) in [5.41, 5.74) is -1.53. The minimum atomic E-state index is -4.16. The van der Waals surface area contributed by atoms with Crippen LogP contribution in [-0.2, 0) is 14.8 Å². The maximum absolute atomic E-state index is 13.3. The zero-order valence-corrected chi connectivity index (χ0v) is 12.2. The number of benzene rings is 1. The smallest absolute Gasteiger partial charge is 0.324 e. The van der Waals surface area contributed by atoms with Crippen LogP contribution in [0.5, 0.6) is 0 Å². The molecule has 0 aliphatic carbocycles. The summed E-state index contributed by atoms with van der Waals surface area (Å²) >= 11 is 5.81. The molecule has 20 heavy (non-hydrogen) atoms. The lowest BCUT2D eigenvalue weighted by molar-refractivity contribution is -0.146. The first kappa shape index (κ1) is 15.2. The third-order valence-corrected chi connectivity index (χ3v) is 6.00. The molecule has 5 nitrogen and oxygen atoms in total. The van der Waals surface area contributed by atoms with Crippen LogP contribution in [0.25, 0.3) is 0 Å². The number of rotatable bonds is 3. The van der Waals surface area contributed by atoms with E-state index < -0.39 is 32.2 Å². The summed E-state index contributed by atoms with van der Waals surface area (Å²) in [4.78, 5) is 10.9. The van der Waals surface area contributed by atoms with E-state index >= 15 is 0 Å². The van der Waals surface area contributed by atoms with Gasteiger partial charge in [-0.25, -0.2) is 12.8 Å². The lowest BCUT2D eigenvalue weighted by Crippen LogP contribution is -2.50. The molecule has 2 rings (SSSR count). The molecule has 1 atom stereocenters. The van der Waals surface area contributed by atoms with E-state index in [0.29, 0.717) is 6.42 Å². The van der Waals surface area contributed by atoms with Gasteiger partial charge in [0.15, 0.2) is 0 Å². The molecule has 1 aromatic carbocycles. The molecule has 1 aromatic rings. The summed E-state index contributed by atoms with van der Waals surface area (Å²) in [5, 5.41) is 9.13. The molecule has 1 aliphatic rings. The van der Waals surface area contributed by atoms with Gasteiger partial charge in [0.05, 0.1) is 5.02 Å². The van der Waals surface area contributed by atoms with Crippen LogP contribution in [0, 0.1) is 5.82 Å². The first-order valence-corrected chi connectivity index (χ1v) is 7.73. The van der Waals surface area contributed by atoms with E-state index in [-0.39, 0.29) is 18.0 Å². The number of carbonyl (C=O) groups is 1. The fraction of sp³-hybridized carbons (Fsp3) is 0.417. The Bertz CT molecular complexity index is 663. The van der Waals surface area contributed by atoms with Gasteiger partial charge >= 0.3 is 5.97 Å². The lowest BCUT2D eigenvalue weighted by Gasteiger charge is -2.30. The predicted octanol–water partition coefficient (Wildman–Crippen LogP) is 2.11. The molecule has 0 saturated carbocycles. The molecule has 0 aromatic heterocycles. The highest BCUT2D eigenvalue weighted by Gasteiger charge is 2.50. The average molecular weight is 322 g/mol. The van der Waals surface area contributed by atoms with Crippen molar-refractivity contribution in [3.05, 3.63) is 29.0 Å². The van der Waals surface area contributed by atoms with Gasteiger partial charge in [0.2, 0.25) is 10.0 Å². The van der Waals surface area contributed by atoms with Crippen molar-refractivity contribution >= 4 is 27.6 Å². The molecule has 1 unspecified atom stereocenters. The third kappa shape index (κ3) is 2.30. The Balaban J connectivity index is 2.55. The molecule has 8 heteroatoms. The maximum atomic E-state index is 13.3. The second-order valence-electron chi connectivity index (χ2n) is 4.83. The monoisotopic (exact) mass is 321 g/mol. The zero-order chi connectivity index (χ0) is 15.1. The topological polar surface area (TPSA) is 74.7 Å². The molecule has 0 bridgehead atoms. The number of halogens is 2. The van der Waals surface area contributed by atoms with Gasteiger partial charge in [-0.15, -0.1) is 0 Å². The molecule has 1 N–H and O–H groups in total. The Labute approximate surface area is 121 Å². The SMILES string of the molecule is CC1(C(=O)O)CCCN1S(=O)(=O)c1cc(F)ccc1Cl. The quantitative estimate of drug-likeness (QED) is 0.925. The molecule has 0 spiro atoms. The Morgan fingerprint density at radius 2 is 2.15 bits per heavy atom. The number of hydrogen-bond acceptors (Lipinski definition) is 3. The number of carboxylic acid groups (broad SMARTS) is 1. The van der Waals surface area contributed by atoms with E-state index in [9.17, 15) is 22.7 Å². The summed E-state index contributed by atoms with van der Waals surface area (Å²) in [6.45, 7) is 1.41. The standard InChI is InChI=1S/C12H13ClFNO4S/c1-12(11(16)17)5-2-6-15(12)20(18,19)10-7-8(14)3-4-9(10)13/h3-4,7H,2,5-6H2,1H3,(H,16,17). The minimum Gasteiger partial charge on any atom is -0.480 e. The van der Waals surface area contributed by atoms with Gasteiger partial charge in [-0.3, -0.25) is 4.79 Å². The second kappa shape index (κ2) is 4.98. The highest BCUT2D eigenvalue weighted by molar-refractivity contribution is 7.89. The van der Waals surface area contributed by atoms with Crippen LogP contribution in [0.3, 0.4) is 0 Å². The van der Waals surface area contributed by atoms with Gasteiger partial charge in [0.25, 0.3) is 0 Å². The largest absolute Gasteiger partial charge is 0.480 e. The maximum Gasteiger partial charge on any atom is 0.324 e. The molecule has 1 aliphatic heterocycles. The van der Waals surface area contributed by atoms with E-state index in [0.717, 1.165) is 22.5 Å². The molecular weight excluding hydrogens is 309 g/mol. The summed E-state index contributed by atoms with van der Waals surface area (Å²) in [7, 11) is -4.16. The van der Waals surface area contributed by atoms with E-state index in [1.165, 1.54) is 6.92 Å². The predicted molar refractivity (Wildman–Crippen MR) is 70.6 cm³/mol. The van der Waals surface area contributed by atoms with Crippen LogP contribution in [0.1, 0.15) is 19.8 Å². The van der Waals surface area contributed by atoms with E-state index in [1.807, 2.05) is 0 Å². The zero-order valence-electron chi connectivity index (χ0n) is 10.6. The van der Waals surface area contributed by atoms with Crippen molar-refractivity contribution in [3.63, 3.8) is 0 Å². The van der Waals surface area contributed by atoms with Crippen LogP contribution in [-0.4, -0.2) is 35.9 Å². The Kier molecular flexibility index (Phi) is 3.79. The molecule has 1 heterocycles. The fourth-order valence-electron chi connectivity index (χ4n) is 2.33. The van der Waals surface area contributed by atoms with E-state index in [1.54, 1.807) is 0 Å². The normalized spacial score (nSPS) is 23.9. The number of carboxylic acids is 1. The Morgan fingerprint density at radius 3 is 2.75 bits per heavy atom. The average Bonchev–Trinajstić information content (AvgIpc) is 2.76. The van der Waals surface area contributed by atoms with E-state index in [2.05, 4.69) is 0 Å². The van der Waals surface area contributed by atoms with Crippen LogP contribution in [0.2, 0.25) is 5.02 Å². The Hall–Kier alpha value is -1.18. The molecule has 0 amide bonds. The summed E-state index contributed by atoms with van der Waals surface area (Å²) in [5.74, 6) is -1.98. The van der Waals surface area contributed by atoms with E-state index in [4.69, 9.17) is 11.6 Å².